The molecule has 1 aromatic carbocycles. The molecule has 5 nitrogen and oxygen atoms in total. The summed E-state index contributed by atoms with van der Waals surface area (Å²) in [6, 6.07) is 4.77. The first kappa shape index (κ1) is 17.4. The van der Waals surface area contributed by atoms with Crippen LogP contribution in [0.5, 0.6) is 5.88 Å². The Balaban J connectivity index is 1.77. The zero-order valence-electron chi connectivity index (χ0n) is 14.3. The van der Waals surface area contributed by atoms with Crippen molar-refractivity contribution >= 4 is 11.5 Å². The van der Waals surface area contributed by atoms with Gasteiger partial charge in [-0.25, -0.2) is 18.0 Å². The summed E-state index contributed by atoms with van der Waals surface area (Å²) >= 11 is 0. The number of aryl methyl sites for hydroxylation is 1. The lowest BCUT2D eigenvalue weighted by Gasteiger charge is -2.11. The Bertz CT molecular complexity index is 1070. The number of carbonyl (C=O) groups is 1. The first-order valence-corrected chi connectivity index (χ1v) is 8.38. The minimum Gasteiger partial charge on any atom is -0.478 e. The molecule has 0 aliphatic heterocycles. The smallest absolute Gasteiger partial charge is 0.339 e. The molecule has 0 amide bonds. The molecule has 0 bridgehead atoms. The number of aromatic carboxylic acids is 1. The second kappa shape index (κ2) is 6.29. The number of halogens is 3. The summed E-state index contributed by atoms with van der Waals surface area (Å²) in [5.74, 6) is -4.30. The lowest BCUT2D eigenvalue weighted by molar-refractivity contribution is 0.0697. The van der Waals surface area contributed by atoms with E-state index in [9.17, 15) is 23.1 Å². The molecule has 27 heavy (non-hydrogen) atoms. The Labute approximate surface area is 152 Å². The lowest BCUT2D eigenvalue weighted by atomic mass is 10.1. The van der Waals surface area contributed by atoms with E-state index in [0.717, 1.165) is 18.9 Å². The first-order valence-electron chi connectivity index (χ1n) is 8.38. The zero-order chi connectivity index (χ0) is 19.3. The second-order valence-electron chi connectivity index (χ2n) is 6.62. The molecular weight excluding hydrogens is 361 g/mol. The number of rotatable bonds is 5. The van der Waals surface area contributed by atoms with Crippen LogP contribution < -0.4 is 4.74 Å². The predicted octanol–water partition coefficient (Wildman–Crippen LogP) is 4.21. The largest absolute Gasteiger partial charge is 0.478 e. The predicted molar refractivity (Wildman–Crippen MR) is 89.5 cm³/mol. The van der Waals surface area contributed by atoms with E-state index in [-0.39, 0.29) is 17.4 Å². The SMILES string of the molecule is Cc1cc(OCc2c(F)ccc(F)c2F)n2nc(C3CC3)c(C(=O)O)c2c1. The minimum absolute atomic E-state index is 0.0854. The van der Waals surface area contributed by atoms with Crippen molar-refractivity contribution in [2.75, 3.05) is 0 Å². The standard InChI is InChI=1S/C19H15F3N2O3/c1-9-6-14-16(19(25)26)18(10-2-3-10)23-24(14)15(7-9)27-8-11-12(20)4-5-13(21)17(11)22/h4-7,10H,2-3,8H2,1H3,(H,25,26). The molecule has 2 aromatic heterocycles. The number of hydrogen-bond acceptors (Lipinski definition) is 3. The van der Waals surface area contributed by atoms with Gasteiger partial charge in [-0.3, -0.25) is 0 Å². The van der Waals surface area contributed by atoms with Crippen molar-refractivity contribution in [2.24, 2.45) is 0 Å². The molecule has 0 saturated heterocycles. The number of fused-ring (bicyclic) bond motifs is 1. The number of pyridine rings is 1. The van der Waals surface area contributed by atoms with Crippen molar-refractivity contribution in [1.82, 2.24) is 9.61 Å². The Morgan fingerprint density at radius 1 is 1.26 bits per heavy atom. The van der Waals surface area contributed by atoms with Crippen molar-refractivity contribution in [3.63, 3.8) is 0 Å². The molecule has 1 saturated carbocycles. The number of ether oxygens (including phenoxy) is 1. The third kappa shape index (κ3) is 3.01. The molecule has 1 aliphatic carbocycles. The van der Waals surface area contributed by atoms with Crippen molar-refractivity contribution in [3.05, 3.63) is 64.1 Å². The van der Waals surface area contributed by atoms with Gasteiger partial charge in [-0.05, 0) is 43.5 Å². The summed E-state index contributed by atoms with van der Waals surface area (Å²) < 4.78 is 47.9. The van der Waals surface area contributed by atoms with Crippen LogP contribution in [-0.4, -0.2) is 20.7 Å². The fraction of sp³-hybridized carbons (Fsp3) is 0.263. The van der Waals surface area contributed by atoms with Crippen LogP contribution in [0.1, 0.15) is 45.9 Å². The third-order valence-corrected chi connectivity index (χ3v) is 4.55. The molecule has 0 atom stereocenters. The van der Waals surface area contributed by atoms with Crippen LogP contribution in [0.15, 0.2) is 24.3 Å². The summed E-state index contributed by atoms with van der Waals surface area (Å²) in [4.78, 5) is 11.7. The fourth-order valence-electron chi connectivity index (χ4n) is 3.08. The number of benzene rings is 1. The van der Waals surface area contributed by atoms with Crippen molar-refractivity contribution in [1.29, 1.82) is 0 Å². The van der Waals surface area contributed by atoms with Gasteiger partial charge in [0.1, 0.15) is 18.0 Å². The van der Waals surface area contributed by atoms with Gasteiger partial charge in [-0.1, -0.05) is 0 Å². The van der Waals surface area contributed by atoms with Crippen molar-refractivity contribution in [3.8, 4) is 5.88 Å². The lowest BCUT2D eigenvalue weighted by Crippen LogP contribution is -2.07. The summed E-state index contributed by atoms with van der Waals surface area (Å²) in [6.07, 6.45) is 1.72. The molecular formula is C19H15F3N2O3. The van der Waals surface area contributed by atoms with Crippen molar-refractivity contribution in [2.45, 2.75) is 32.3 Å². The molecule has 0 radical (unpaired) electrons. The Morgan fingerprint density at radius 3 is 2.63 bits per heavy atom. The summed E-state index contributed by atoms with van der Waals surface area (Å²) in [6.45, 7) is 1.18. The molecule has 0 spiro atoms. The van der Waals surface area contributed by atoms with Gasteiger partial charge in [0.2, 0.25) is 5.88 Å². The van der Waals surface area contributed by atoms with Crippen LogP contribution in [0.25, 0.3) is 5.52 Å². The normalized spacial score (nSPS) is 13.9. The van der Waals surface area contributed by atoms with E-state index in [0.29, 0.717) is 22.8 Å². The van der Waals surface area contributed by atoms with Crippen LogP contribution in [0.3, 0.4) is 0 Å². The van der Waals surface area contributed by atoms with E-state index < -0.39 is 35.6 Å². The van der Waals surface area contributed by atoms with Crippen molar-refractivity contribution < 1.29 is 27.8 Å². The molecule has 0 unspecified atom stereocenters. The van der Waals surface area contributed by atoms with E-state index in [1.54, 1.807) is 19.1 Å². The van der Waals surface area contributed by atoms with E-state index >= 15 is 0 Å². The fourth-order valence-corrected chi connectivity index (χ4v) is 3.08. The van der Waals surface area contributed by atoms with Crippen LogP contribution in [-0.2, 0) is 6.61 Å². The third-order valence-electron chi connectivity index (χ3n) is 4.55. The van der Waals surface area contributed by atoms with E-state index in [2.05, 4.69) is 5.10 Å². The van der Waals surface area contributed by atoms with Gasteiger partial charge in [0.15, 0.2) is 11.6 Å². The number of aromatic nitrogens is 2. The maximum atomic E-state index is 13.9. The molecule has 2 heterocycles. The number of carboxylic acid groups (broad SMARTS) is 1. The van der Waals surface area contributed by atoms with E-state index in [1.165, 1.54) is 4.52 Å². The highest BCUT2D eigenvalue weighted by Gasteiger charge is 2.33. The van der Waals surface area contributed by atoms with Crippen LogP contribution >= 0.6 is 0 Å². The first-order chi connectivity index (χ1) is 12.9. The van der Waals surface area contributed by atoms with E-state index in [4.69, 9.17) is 4.74 Å². The average Bonchev–Trinajstić information content (AvgIpc) is 3.38. The molecule has 3 aromatic rings. The Morgan fingerprint density at radius 2 is 1.96 bits per heavy atom. The molecule has 1 N–H and O–H groups in total. The summed E-state index contributed by atoms with van der Waals surface area (Å²) in [5.41, 5.74) is 1.08. The topological polar surface area (TPSA) is 63.8 Å². The molecule has 4 rings (SSSR count). The quantitative estimate of drug-likeness (QED) is 0.678. The van der Waals surface area contributed by atoms with E-state index in [1.807, 2.05) is 0 Å². The van der Waals surface area contributed by atoms with Gasteiger partial charge < -0.3 is 9.84 Å². The number of carboxylic acids is 1. The average molecular weight is 376 g/mol. The Kier molecular flexibility index (Phi) is 4.05. The maximum Gasteiger partial charge on any atom is 0.339 e. The van der Waals surface area contributed by atoms with Crippen LogP contribution in [0.4, 0.5) is 13.2 Å². The second-order valence-corrected chi connectivity index (χ2v) is 6.62. The molecule has 1 fully saturated rings. The zero-order valence-corrected chi connectivity index (χ0v) is 14.3. The molecule has 140 valence electrons. The van der Waals surface area contributed by atoms with Gasteiger partial charge in [0.25, 0.3) is 0 Å². The van der Waals surface area contributed by atoms with Crippen LogP contribution in [0.2, 0.25) is 0 Å². The maximum absolute atomic E-state index is 13.9. The monoisotopic (exact) mass is 376 g/mol. The minimum atomic E-state index is -1.32. The van der Waals surface area contributed by atoms with Gasteiger partial charge in [-0.15, -0.1) is 0 Å². The van der Waals surface area contributed by atoms with Gasteiger partial charge in [0, 0.05) is 12.0 Å². The molecule has 1 aliphatic rings. The highest BCUT2D eigenvalue weighted by molar-refractivity contribution is 5.97. The van der Waals surface area contributed by atoms with Gasteiger partial charge >= 0.3 is 5.97 Å². The summed E-state index contributed by atoms with van der Waals surface area (Å²) in [5, 5.41) is 13.9. The molecule has 8 heteroatoms. The van der Waals surface area contributed by atoms with Gasteiger partial charge in [0.05, 0.1) is 16.8 Å². The highest BCUT2D eigenvalue weighted by Crippen LogP contribution is 2.42. The number of nitrogens with zero attached hydrogens (tertiary/aromatic N) is 2. The highest BCUT2D eigenvalue weighted by atomic mass is 19.2. The Hall–Kier alpha value is -3.03. The van der Waals surface area contributed by atoms with Crippen LogP contribution in [0, 0.1) is 24.4 Å². The number of hydrogen-bond donors (Lipinski definition) is 1. The van der Waals surface area contributed by atoms with Gasteiger partial charge in [-0.2, -0.15) is 9.61 Å². The summed E-state index contributed by atoms with van der Waals surface area (Å²) in [7, 11) is 0.